The standard InChI is InChI=1S/C21H20ClNO3/c1-21(2)15-11-13(20(25)26-4)9-10-17(15)23(3)19(21)12-18(24)14-7-5-6-8-16(14)22/h5-12H,1-4H3. The molecule has 0 amide bonds. The van der Waals surface area contributed by atoms with Crippen molar-refractivity contribution in [1.82, 2.24) is 0 Å². The van der Waals surface area contributed by atoms with Crippen LogP contribution >= 0.6 is 11.6 Å². The van der Waals surface area contributed by atoms with Gasteiger partial charge in [0.15, 0.2) is 5.78 Å². The van der Waals surface area contributed by atoms with E-state index in [9.17, 15) is 9.59 Å². The van der Waals surface area contributed by atoms with Crippen LogP contribution in [0.3, 0.4) is 0 Å². The molecular weight excluding hydrogens is 350 g/mol. The number of benzene rings is 2. The van der Waals surface area contributed by atoms with Crippen molar-refractivity contribution in [3.63, 3.8) is 0 Å². The lowest BCUT2D eigenvalue weighted by molar-refractivity contribution is 0.0600. The summed E-state index contributed by atoms with van der Waals surface area (Å²) < 4.78 is 4.82. The first-order valence-corrected chi connectivity index (χ1v) is 8.62. The molecule has 0 fully saturated rings. The van der Waals surface area contributed by atoms with Gasteiger partial charge in [0, 0.05) is 35.5 Å². The zero-order valence-electron chi connectivity index (χ0n) is 15.2. The molecule has 0 bridgehead atoms. The maximum absolute atomic E-state index is 12.8. The van der Waals surface area contributed by atoms with Gasteiger partial charge in [0.2, 0.25) is 0 Å². The minimum Gasteiger partial charge on any atom is -0.465 e. The molecule has 0 unspecified atom stereocenters. The maximum Gasteiger partial charge on any atom is 0.337 e. The van der Waals surface area contributed by atoms with Crippen LogP contribution in [0, 0.1) is 0 Å². The molecule has 0 aliphatic carbocycles. The summed E-state index contributed by atoms with van der Waals surface area (Å²) in [6.45, 7) is 4.06. The fourth-order valence-electron chi connectivity index (χ4n) is 3.40. The third kappa shape index (κ3) is 2.90. The number of ether oxygens (including phenoxy) is 1. The Morgan fingerprint density at radius 3 is 2.50 bits per heavy atom. The first kappa shape index (κ1) is 18.2. The number of allylic oxidation sites excluding steroid dienone is 2. The summed E-state index contributed by atoms with van der Waals surface area (Å²) in [5.74, 6) is -0.526. The minimum atomic E-state index is -0.439. The van der Waals surface area contributed by atoms with Crippen molar-refractivity contribution in [3.8, 4) is 0 Å². The van der Waals surface area contributed by atoms with Crippen molar-refractivity contribution >= 4 is 29.0 Å². The average Bonchev–Trinajstić information content (AvgIpc) is 2.81. The monoisotopic (exact) mass is 369 g/mol. The van der Waals surface area contributed by atoms with Crippen LogP contribution in [0.15, 0.2) is 54.2 Å². The fraction of sp³-hybridized carbons (Fsp3) is 0.238. The lowest BCUT2D eigenvalue weighted by Gasteiger charge is -2.24. The molecule has 2 aromatic rings. The Morgan fingerprint density at radius 2 is 1.85 bits per heavy atom. The second kappa shape index (κ2) is 6.61. The van der Waals surface area contributed by atoms with Crippen molar-refractivity contribution in [2.24, 2.45) is 0 Å². The molecule has 26 heavy (non-hydrogen) atoms. The Hall–Kier alpha value is -2.59. The highest BCUT2D eigenvalue weighted by atomic mass is 35.5. The highest BCUT2D eigenvalue weighted by Gasteiger charge is 2.39. The zero-order chi connectivity index (χ0) is 19.1. The highest BCUT2D eigenvalue weighted by molar-refractivity contribution is 6.34. The normalized spacial score (nSPS) is 16.5. The number of rotatable bonds is 3. The summed E-state index contributed by atoms with van der Waals surface area (Å²) in [5.41, 5.74) is 3.30. The van der Waals surface area contributed by atoms with E-state index in [1.807, 2.05) is 37.9 Å². The van der Waals surface area contributed by atoms with Crippen LogP contribution in [0.1, 0.15) is 40.1 Å². The highest BCUT2D eigenvalue weighted by Crippen LogP contribution is 2.47. The number of likely N-dealkylation sites (N-methyl/N-ethyl adjacent to an activating group) is 1. The van der Waals surface area contributed by atoms with E-state index in [1.54, 1.807) is 36.4 Å². The second-order valence-corrected chi connectivity index (χ2v) is 7.19. The molecule has 0 spiro atoms. The zero-order valence-corrected chi connectivity index (χ0v) is 15.9. The average molecular weight is 370 g/mol. The van der Waals surface area contributed by atoms with E-state index in [2.05, 4.69) is 0 Å². The first-order valence-electron chi connectivity index (χ1n) is 8.25. The van der Waals surface area contributed by atoms with E-state index in [-0.39, 0.29) is 11.8 Å². The number of halogens is 1. The minimum absolute atomic E-state index is 0.147. The summed E-state index contributed by atoms with van der Waals surface area (Å²) in [7, 11) is 3.28. The number of carbonyl (C=O) groups excluding carboxylic acids is 2. The van der Waals surface area contributed by atoms with Crippen LogP contribution in [-0.4, -0.2) is 25.9 Å². The van der Waals surface area contributed by atoms with Gasteiger partial charge >= 0.3 is 5.97 Å². The molecule has 2 aromatic carbocycles. The van der Waals surface area contributed by atoms with Crippen LogP contribution in [0.25, 0.3) is 0 Å². The Labute approximate surface area is 158 Å². The number of anilines is 1. The van der Waals surface area contributed by atoms with E-state index in [4.69, 9.17) is 16.3 Å². The Balaban J connectivity index is 2.06. The molecule has 3 rings (SSSR count). The molecular formula is C21H20ClNO3. The Morgan fingerprint density at radius 1 is 1.15 bits per heavy atom. The number of hydrogen-bond acceptors (Lipinski definition) is 4. The van der Waals surface area contributed by atoms with Crippen LogP contribution in [0.5, 0.6) is 0 Å². The first-order chi connectivity index (χ1) is 12.3. The predicted molar refractivity (Wildman–Crippen MR) is 103 cm³/mol. The van der Waals surface area contributed by atoms with E-state index < -0.39 is 5.41 Å². The SMILES string of the molecule is COC(=O)c1ccc2c(c1)C(C)(C)C(=CC(=O)c1ccccc1Cl)N2C. The van der Waals surface area contributed by atoms with Gasteiger partial charge in [0.25, 0.3) is 0 Å². The summed E-state index contributed by atoms with van der Waals surface area (Å²) in [6, 6.07) is 12.4. The molecule has 1 aliphatic heterocycles. The lowest BCUT2D eigenvalue weighted by Crippen LogP contribution is -2.24. The summed E-state index contributed by atoms with van der Waals surface area (Å²) in [4.78, 5) is 26.6. The number of ketones is 1. The second-order valence-electron chi connectivity index (χ2n) is 6.78. The number of methoxy groups -OCH3 is 1. The molecule has 0 radical (unpaired) electrons. The predicted octanol–water partition coefficient (Wildman–Crippen LogP) is 4.62. The largest absolute Gasteiger partial charge is 0.465 e. The van der Waals surface area contributed by atoms with E-state index in [0.717, 1.165) is 16.9 Å². The van der Waals surface area contributed by atoms with Gasteiger partial charge in [0.05, 0.1) is 17.7 Å². The van der Waals surface area contributed by atoms with Crippen LogP contribution < -0.4 is 4.90 Å². The molecule has 4 nitrogen and oxygen atoms in total. The van der Waals surface area contributed by atoms with Gasteiger partial charge in [-0.3, -0.25) is 4.79 Å². The van der Waals surface area contributed by atoms with Gasteiger partial charge in [-0.25, -0.2) is 4.79 Å². The molecule has 0 N–H and O–H groups in total. The number of fused-ring (bicyclic) bond motifs is 1. The van der Waals surface area contributed by atoms with Gasteiger partial charge in [-0.05, 0) is 35.9 Å². The van der Waals surface area contributed by atoms with Crippen LogP contribution in [0.4, 0.5) is 5.69 Å². The lowest BCUT2D eigenvalue weighted by atomic mass is 9.82. The van der Waals surface area contributed by atoms with Gasteiger partial charge in [-0.15, -0.1) is 0 Å². The third-order valence-corrected chi connectivity index (χ3v) is 5.19. The fourth-order valence-corrected chi connectivity index (χ4v) is 3.63. The number of hydrogen-bond donors (Lipinski definition) is 0. The molecule has 5 heteroatoms. The van der Waals surface area contributed by atoms with E-state index >= 15 is 0 Å². The van der Waals surface area contributed by atoms with Gasteiger partial charge in [-0.1, -0.05) is 37.6 Å². The number of esters is 1. The van der Waals surface area contributed by atoms with Crippen LogP contribution in [-0.2, 0) is 10.2 Å². The third-order valence-electron chi connectivity index (χ3n) is 4.86. The quantitative estimate of drug-likeness (QED) is 0.450. The summed E-state index contributed by atoms with van der Waals surface area (Å²) >= 11 is 6.16. The summed E-state index contributed by atoms with van der Waals surface area (Å²) in [6.07, 6.45) is 1.62. The van der Waals surface area contributed by atoms with Gasteiger partial charge in [0.1, 0.15) is 0 Å². The maximum atomic E-state index is 12.8. The van der Waals surface area contributed by atoms with Crippen LogP contribution in [0.2, 0.25) is 5.02 Å². The topological polar surface area (TPSA) is 46.6 Å². The molecule has 1 aliphatic rings. The Kier molecular flexibility index (Phi) is 4.63. The van der Waals surface area contributed by atoms with E-state index in [1.165, 1.54) is 7.11 Å². The summed E-state index contributed by atoms with van der Waals surface area (Å²) in [5, 5.41) is 0.429. The van der Waals surface area contributed by atoms with Crippen molar-refractivity contribution in [2.75, 3.05) is 19.1 Å². The van der Waals surface area contributed by atoms with E-state index in [0.29, 0.717) is 16.1 Å². The Bertz CT molecular complexity index is 931. The van der Waals surface area contributed by atoms with Crippen molar-refractivity contribution in [1.29, 1.82) is 0 Å². The number of nitrogens with zero attached hydrogens (tertiary/aromatic N) is 1. The van der Waals surface area contributed by atoms with Crippen molar-refractivity contribution in [3.05, 3.63) is 76.0 Å². The molecule has 0 saturated heterocycles. The molecule has 0 aromatic heterocycles. The smallest absolute Gasteiger partial charge is 0.337 e. The molecule has 134 valence electrons. The van der Waals surface area contributed by atoms with Gasteiger partial charge in [-0.2, -0.15) is 0 Å². The number of carbonyl (C=O) groups is 2. The molecule has 0 atom stereocenters. The molecule has 0 saturated carbocycles. The molecule has 1 heterocycles. The van der Waals surface area contributed by atoms with Crippen molar-refractivity contribution < 1.29 is 14.3 Å². The van der Waals surface area contributed by atoms with Gasteiger partial charge < -0.3 is 9.64 Å². The van der Waals surface area contributed by atoms with Crippen molar-refractivity contribution in [2.45, 2.75) is 19.3 Å².